The van der Waals surface area contributed by atoms with Gasteiger partial charge in [-0.3, -0.25) is 4.90 Å². The molecule has 3 heteroatoms. The molecule has 1 aromatic rings. The first-order valence-corrected chi connectivity index (χ1v) is 6.71. The Balaban J connectivity index is 2.15. The third kappa shape index (κ3) is 3.50. The maximum absolute atomic E-state index is 8.75. The fraction of sp³-hybridized carbons (Fsp3) is 0.500. The van der Waals surface area contributed by atoms with Gasteiger partial charge in [-0.2, -0.15) is 0 Å². The monoisotopic (exact) mass is 259 g/mol. The maximum Gasteiger partial charge on any atom is 0.123 e. The van der Waals surface area contributed by atoms with Gasteiger partial charge in [0.05, 0.1) is 7.11 Å². The van der Waals surface area contributed by atoms with Crippen LogP contribution in [0.25, 0.3) is 0 Å². The van der Waals surface area contributed by atoms with Gasteiger partial charge in [0, 0.05) is 23.7 Å². The predicted molar refractivity (Wildman–Crippen MR) is 76.1 cm³/mol. The predicted octanol–water partition coefficient (Wildman–Crippen LogP) is 2.02. The fourth-order valence-electron chi connectivity index (χ4n) is 2.35. The smallest absolute Gasteiger partial charge is 0.123 e. The molecule has 102 valence electrons. The fourth-order valence-corrected chi connectivity index (χ4v) is 2.35. The quantitative estimate of drug-likeness (QED) is 0.840. The average molecular weight is 259 g/mol. The van der Waals surface area contributed by atoms with Crippen LogP contribution in [0.3, 0.4) is 0 Å². The molecule has 0 unspecified atom stereocenters. The van der Waals surface area contributed by atoms with E-state index in [0.29, 0.717) is 6.04 Å². The Kier molecular flexibility index (Phi) is 4.84. The number of nitrogens with zero attached hydrogens (tertiary/aromatic N) is 1. The van der Waals surface area contributed by atoms with Crippen molar-refractivity contribution >= 4 is 0 Å². The number of rotatable bonds is 4. The Morgan fingerprint density at radius 2 is 2.21 bits per heavy atom. The highest BCUT2D eigenvalue weighted by Crippen LogP contribution is 2.27. The molecule has 0 spiro atoms. The van der Waals surface area contributed by atoms with Crippen molar-refractivity contribution in [3.63, 3.8) is 0 Å². The zero-order chi connectivity index (χ0) is 13.7. The molecule has 1 aromatic carbocycles. The lowest BCUT2D eigenvalue weighted by atomic mass is 9.91. The summed E-state index contributed by atoms with van der Waals surface area (Å²) in [6.07, 6.45) is 3.93. The second-order valence-corrected chi connectivity index (χ2v) is 4.99. The molecule has 0 amide bonds. The van der Waals surface area contributed by atoms with E-state index in [1.807, 2.05) is 12.1 Å². The van der Waals surface area contributed by atoms with Crippen LogP contribution >= 0.6 is 0 Å². The van der Waals surface area contributed by atoms with Crippen molar-refractivity contribution in [3.8, 4) is 17.6 Å². The molecule has 0 aromatic heterocycles. The largest absolute Gasteiger partial charge is 0.496 e. The third-order valence-corrected chi connectivity index (χ3v) is 3.71. The van der Waals surface area contributed by atoms with E-state index < -0.39 is 0 Å². The van der Waals surface area contributed by atoms with E-state index in [2.05, 4.69) is 29.9 Å². The first kappa shape index (κ1) is 13.9. The Labute approximate surface area is 115 Å². The summed E-state index contributed by atoms with van der Waals surface area (Å²) in [6.45, 7) is 0.770. The van der Waals surface area contributed by atoms with Crippen molar-refractivity contribution in [1.82, 2.24) is 4.90 Å². The van der Waals surface area contributed by atoms with Crippen LogP contribution in [0.15, 0.2) is 18.2 Å². The van der Waals surface area contributed by atoms with Crippen LogP contribution in [0.1, 0.15) is 30.4 Å². The van der Waals surface area contributed by atoms with E-state index in [9.17, 15) is 0 Å². The number of ether oxygens (including phenoxy) is 1. The minimum Gasteiger partial charge on any atom is -0.496 e. The summed E-state index contributed by atoms with van der Waals surface area (Å²) in [5, 5.41) is 8.75. The third-order valence-electron chi connectivity index (χ3n) is 3.71. The van der Waals surface area contributed by atoms with Gasteiger partial charge in [-0.1, -0.05) is 18.3 Å². The first-order valence-electron chi connectivity index (χ1n) is 6.71. The van der Waals surface area contributed by atoms with Crippen LogP contribution in [-0.4, -0.2) is 36.8 Å². The minimum atomic E-state index is -0.108. The summed E-state index contributed by atoms with van der Waals surface area (Å²) in [6, 6.07) is 6.63. The minimum absolute atomic E-state index is 0.108. The number of aliphatic hydroxyl groups is 1. The highest BCUT2D eigenvalue weighted by molar-refractivity contribution is 5.44. The van der Waals surface area contributed by atoms with Gasteiger partial charge in [-0.15, -0.1) is 0 Å². The molecule has 1 fully saturated rings. The normalized spacial score (nSPS) is 14.7. The SMILES string of the molecule is COc1ccc(C#CCO)cc1CN(C)C1CCC1. The molecule has 1 aliphatic carbocycles. The Morgan fingerprint density at radius 3 is 2.79 bits per heavy atom. The molecule has 19 heavy (non-hydrogen) atoms. The lowest BCUT2D eigenvalue weighted by Gasteiger charge is -2.35. The van der Waals surface area contributed by atoms with Crippen molar-refractivity contribution in [1.29, 1.82) is 0 Å². The molecule has 0 atom stereocenters. The van der Waals surface area contributed by atoms with Crippen LogP contribution < -0.4 is 4.74 Å². The molecule has 1 aliphatic rings. The van der Waals surface area contributed by atoms with Crippen molar-refractivity contribution < 1.29 is 9.84 Å². The molecule has 0 radical (unpaired) electrons. The zero-order valence-electron chi connectivity index (χ0n) is 11.6. The van der Waals surface area contributed by atoms with Crippen LogP contribution in [0.4, 0.5) is 0 Å². The molecule has 0 aliphatic heterocycles. The molecular weight excluding hydrogens is 238 g/mol. The van der Waals surface area contributed by atoms with E-state index in [-0.39, 0.29) is 6.61 Å². The number of benzene rings is 1. The van der Waals surface area contributed by atoms with Crippen LogP contribution in [0.2, 0.25) is 0 Å². The highest BCUT2D eigenvalue weighted by atomic mass is 16.5. The van der Waals surface area contributed by atoms with Gasteiger partial charge in [0.25, 0.3) is 0 Å². The maximum atomic E-state index is 8.75. The number of aliphatic hydroxyl groups excluding tert-OH is 1. The number of hydrogen-bond donors (Lipinski definition) is 1. The van der Waals surface area contributed by atoms with Crippen LogP contribution in [0.5, 0.6) is 5.75 Å². The molecular formula is C16H21NO2. The molecule has 0 saturated heterocycles. The topological polar surface area (TPSA) is 32.7 Å². The summed E-state index contributed by atoms with van der Waals surface area (Å²) in [7, 11) is 3.86. The van der Waals surface area contributed by atoms with Gasteiger partial charge in [-0.25, -0.2) is 0 Å². The summed E-state index contributed by atoms with van der Waals surface area (Å²) in [5.74, 6) is 6.52. The molecule has 1 N–H and O–H groups in total. The number of hydrogen-bond acceptors (Lipinski definition) is 3. The van der Waals surface area contributed by atoms with Crippen molar-refractivity contribution in [3.05, 3.63) is 29.3 Å². The lowest BCUT2D eigenvalue weighted by molar-refractivity contribution is 0.151. The lowest BCUT2D eigenvalue weighted by Crippen LogP contribution is -2.36. The summed E-state index contributed by atoms with van der Waals surface area (Å²) in [4.78, 5) is 2.38. The van der Waals surface area contributed by atoms with E-state index in [1.165, 1.54) is 19.3 Å². The Bertz CT molecular complexity index is 483. The van der Waals surface area contributed by atoms with Crippen molar-refractivity contribution in [2.45, 2.75) is 31.8 Å². The molecule has 0 bridgehead atoms. The summed E-state index contributed by atoms with van der Waals surface area (Å²) >= 11 is 0. The Morgan fingerprint density at radius 1 is 1.42 bits per heavy atom. The van der Waals surface area contributed by atoms with Gasteiger partial charge in [0.15, 0.2) is 0 Å². The summed E-state index contributed by atoms with van der Waals surface area (Å²) in [5.41, 5.74) is 2.08. The molecule has 3 nitrogen and oxygen atoms in total. The first-order chi connectivity index (χ1) is 9.24. The molecule has 1 saturated carbocycles. The van der Waals surface area contributed by atoms with Crippen LogP contribution in [0, 0.1) is 11.8 Å². The standard InChI is InChI=1S/C16H21NO2/c1-17(15-6-3-7-15)12-14-11-13(5-4-10-18)8-9-16(14)19-2/h8-9,11,15,18H,3,6-7,10,12H2,1-2H3. The van der Waals surface area contributed by atoms with Crippen molar-refractivity contribution in [2.75, 3.05) is 20.8 Å². The van der Waals surface area contributed by atoms with Gasteiger partial charge < -0.3 is 9.84 Å². The van der Waals surface area contributed by atoms with E-state index >= 15 is 0 Å². The summed E-state index contributed by atoms with van der Waals surface area (Å²) < 4.78 is 5.41. The van der Waals surface area contributed by atoms with Gasteiger partial charge in [-0.05, 0) is 38.1 Å². The Hall–Kier alpha value is -1.50. The molecule has 0 heterocycles. The van der Waals surface area contributed by atoms with Crippen LogP contribution in [-0.2, 0) is 6.54 Å². The van der Waals surface area contributed by atoms with Gasteiger partial charge in [0.2, 0.25) is 0 Å². The van der Waals surface area contributed by atoms with E-state index in [0.717, 1.165) is 23.4 Å². The van der Waals surface area contributed by atoms with E-state index in [1.54, 1.807) is 7.11 Å². The van der Waals surface area contributed by atoms with Gasteiger partial charge >= 0.3 is 0 Å². The number of methoxy groups -OCH3 is 1. The van der Waals surface area contributed by atoms with Gasteiger partial charge in [0.1, 0.15) is 12.4 Å². The second kappa shape index (κ2) is 6.60. The highest BCUT2D eigenvalue weighted by Gasteiger charge is 2.22. The van der Waals surface area contributed by atoms with E-state index in [4.69, 9.17) is 9.84 Å². The average Bonchev–Trinajstić information content (AvgIpc) is 2.34. The molecule has 2 rings (SSSR count). The second-order valence-electron chi connectivity index (χ2n) is 4.99. The van der Waals surface area contributed by atoms with Crippen molar-refractivity contribution in [2.24, 2.45) is 0 Å². The zero-order valence-corrected chi connectivity index (χ0v) is 11.6.